The first-order valence-electron chi connectivity index (χ1n) is 5.05. The van der Waals surface area contributed by atoms with E-state index in [2.05, 4.69) is 9.71 Å². The van der Waals surface area contributed by atoms with Crippen LogP contribution in [0.3, 0.4) is 0 Å². The van der Waals surface area contributed by atoms with Crippen LogP contribution >= 0.6 is 11.6 Å². The first kappa shape index (κ1) is 13.6. The molecule has 1 heterocycles. The van der Waals surface area contributed by atoms with E-state index in [0.717, 1.165) is 18.3 Å². The second kappa shape index (κ2) is 5.02. The standard InChI is InChI=1S/C11H8ClFN2O3S/c12-8-2-1-7(5-9(8)13)15-19(17,18)11-6-14-4-3-10(11)16/h1-6,15H,(H,14,16). The maximum absolute atomic E-state index is 13.2. The Morgan fingerprint density at radius 3 is 2.63 bits per heavy atom. The summed E-state index contributed by atoms with van der Waals surface area (Å²) in [5, 5.41) is -0.125. The SMILES string of the molecule is O=c1cc[nH]cc1S(=O)(=O)Nc1ccc(Cl)c(F)c1. The number of anilines is 1. The van der Waals surface area contributed by atoms with Crippen LogP contribution in [0.4, 0.5) is 10.1 Å². The molecule has 1 aromatic carbocycles. The number of benzene rings is 1. The quantitative estimate of drug-likeness (QED) is 0.910. The lowest BCUT2D eigenvalue weighted by atomic mass is 10.3. The van der Waals surface area contributed by atoms with E-state index in [9.17, 15) is 17.6 Å². The summed E-state index contributed by atoms with van der Waals surface area (Å²) in [5.41, 5.74) is -0.689. The molecule has 0 saturated heterocycles. The van der Waals surface area contributed by atoms with E-state index in [1.165, 1.54) is 18.3 Å². The lowest BCUT2D eigenvalue weighted by Crippen LogP contribution is -2.20. The average Bonchev–Trinajstić information content (AvgIpc) is 2.34. The van der Waals surface area contributed by atoms with Gasteiger partial charge in [-0.2, -0.15) is 0 Å². The lowest BCUT2D eigenvalue weighted by Gasteiger charge is -2.07. The van der Waals surface area contributed by atoms with Gasteiger partial charge in [-0.25, -0.2) is 12.8 Å². The fourth-order valence-electron chi connectivity index (χ4n) is 1.38. The molecule has 0 fully saturated rings. The third-order valence-electron chi connectivity index (χ3n) is 2.25. The number of nitrogens with one attached hydrogen (secondary N) is 2. The highest BCUT2D eigenvalue weighted by Gasteiger charge is 2.18. The average molecular weight is 303 g/mol. The van der Waals surface area contributed by atoms with Crippen molar-refractivity contribution in [1.82, 2.24) is 4.98 Å². The van der Waals surface area contributed by atoms with Crippen molar-refractivity contribution in [1.29, 1.82) is 0 Å². The molecule has 0 saturated carbocycles. The maximum atomic E-state index is 13.2. The summed E-state index contributed by atoms with van der Waals surface area (Å²) < 4.78 is 39.2. The van der Waals surface area contributed by atoms with E-state index < -0.39 is 26.2 Å². The second-order valence-corrected chi connectivity index (χ2v) is 5.67. The molecule has 2 N–H and O–H groups in total. The van der Waals surface area contributed by atoms with Gasteiger partial charge in [-0.1, -0.05) is 11.6 Å². The molecule has 0 aliphatic rings. The van der Waals surface area contributed by atoms with Gasteiger partial charge in [0.2, 0.25) is 5.43 Å². The third kappa shape index (κ3) is 2.94. The van der Waals surface area contributed by atoms with Gasteiger partial charge in [0.1, 0.15) is 5.82 Å². The molecule has 0 bridgehead atoms. The first-order valence-corrected chi connectivity index (χ1v) is 6.91. The van der Waals surface area contributed by atoms with Crippen LogP contribution in [-0.4, -0.2) is 13.4 Å². The Labute approximate surface area is 113 Å². The summed E-state index contributed by atoms with van der Waals surface area (Å²) in [7, 11) is -4.08. The monoisotopic (exact) mass is 302 g/mol. The topological polar surface area (TPSA) is 79.0 Å². The van der Waals surface area contributed by atoms with Crippen LogP contribution in [0.5, 0.6) is 0 Å². The molecule has 8 heteroatoms. The highest BCUT2D eigenvalue weighted by atomic mass is 35.5. The van der Waals surface area contributed by atoms with E-state index in [4.69, 9.17) is 11.6 Å². The Morgan fingerprint density at radius 1 is 1.26 bits per heavy atom. The molecule has 0 spiro atoms. The molecule has 0 atom stereocenters. The van der Waals surface area contributed by atoms with Crippen molar-refractivity contribution in [3.63, 3.8) is 0 Å². The lowest BCUT2D eigenvalue weighted by molar-refractivity contribution is 0.600. The molecule has 2 rings (SSSR count). The fourth-order valence-corrected chi connectivity index (χ4v) is 2.60. The van der Waals surface area contributed by atoms with Crippen molar-refractivity contribution in [2.75, 3.05) is 4.72 Å². The highest BCUT2D eigenvalue weighted by molar-refractivity contribution is 7.92. The number of halogens is 2. The zero-order chi connectivity index (χ0) is 14.0. The second-order valence-electron chi connectivity index (χ2n) is 3.61. The smallest absolute Gasteiger partial charge is 0.267 e. The highest BCUT2D eigenvalue weighted by Crippen LogP contribution is 2.20. The number of hydrogen-bond donors (Lipinski definition) is 2. The molecule has 0 amide bonds. The van der Waals surface area contributed by atoms with Gasteiger partial charge in [-0.05, 0) is 18.2 Å². The van der Waals surface area contributed by atoms with Crippen molar-refractivity contribution in [2.24, 2.45) is 0 Å². The van der Waals surface area contributed by atoms with Crippen molar-refractivity contribution < 1.29 is 12.8 Å². The van der Waals surface area contributed by atoms with Gasteiger partial charge in [0.25, 0.3) is 10.0 Å². The number of aromatic nitrogens is 1. The summed E-state index contributed by atoms with van der Waals surface area (Å²) in [4.78, 5) is 13.5. The van der Waals surface area contributed by atoms with Gasteiger partial charge in [-0.15, -0.1) is 0 Å². The third-order valence-corrected chi connectivity index (χ3v) is 3.96. The summed E-state index contributed by atoms with van der Waals surface area (Å²) >= 11 is 5.49. The zero-order valence-corrected chi connectivity index (χ0v) is 10.9. The van der Waals surface area contributed by atoms with Crippen molar-refractivity contribution in [3.05, 3.63) is 57.7 Å². The van der Waals surface area contributed by atoms with Gasteiger partial charge in [0.15, 0.2) is 4.90 Å². The number of sulfonamides is 1. The molecule has 5 nitrogen and oxygen atoms in total. The van der Waals surface area contributed by atoms with E-state index in [1.54, 1.807) is 0 Å². The molecule has 0 aliphatic heterocycles. The van der Waals surface area contributed by atoms with Crippen LogP contribution in [0, 0.1) is 5.82 Å². The summed E-state index contributed by atoms with van der Waals surface area (Å²) in [6.07, 6.45) is 2.36. The van der Waals surface area contributed by atoms with Gasteiger partial charge in [-0.3, -0.25) is 9.52 Å². The first-order chi connectivity index (χ1) is 8.90. The van der Waals surface area contributed by atoms with Crippen molar-refractivity contribution >= 4 is 27.3 Å². The summed E-state index contributed by atoms with van der Waals surface area (Å²) in [6.45, 7) is 0. The Morgan fingerprint density at radius 2 is 2.00 bits per heavy atom. The number of rotatable bonds is 3. The number of H-pyrrole nitrogens is 1. The molecule has 1 aromatic heterocycles. The normalized spacial score (nSPS) is 11.3. The minimum Gasteiger partial charge on any atom is -0.366 e. The molecular formula is C11H8ClFN2O3S. The van der Waals surface area contributed by atoms with Gasteiger partial charge in [0, 0.05) is 18.5 Å². The predicted molar refractivity (Wildman–Crippen MR) is 69.3 cm³/mol. The van der Waals surface area contributed by atoms with Gasteiger partial charge >= 0.3 is 0 Å². The Balaban J connectivity index is 2.40. The van der Waals surface area contributed by atoms with Gasteiger partial charge in [0.05, 0.1) is 10.7 Å². The number of hydrogen-bond acceptors (Lipinski definition) is 3. The van der Waals surface area contributed by atoms with Crippen LogP contribution in [0.15, 0.2) is 46.3 Å². The zero-order valence-electron chi connectivity index (χ0n) is 9.35. The minimum absolute atomic E-state index is 0.0230. The number of pyridine rings is 1. The van der Waals surface area contributed by atoms with E-state index in [1.807, 2.05) is 0 Å². The minimum atomic E-state index is -4.08. The predicted octanol–water partition coefficient (Wildman–Crippen LogP) is 1.97. The van der Waals surface area contributed by atoms with Crippen LogP contribution in [0.25, 0.3) is 0 Å². The molecule has 100 valence electrons. The van der Waals surface area contributed by atoms with E-state index in [0.29, 0.717) is 0 Å². The van der Waals surface area contributed by atoms with Crippen molar-refractivity contribution in [2.45, 2.75) is 4.90 Å². The number of aromatic amines is 1. The maximum Gasteiger partial charge on any atom is 0.267 e. The molecular weight excluding hydrogens is 295 g/mol. The van der Waals surface area contributed by atoms with Crippen molar-refractivity contribution in [3.8, 4) is 0 Å². The molecule has 0 aliphatic carbocycles. The molecule has 0 radical (unpaired) electrons. The Bertz CT molecular complexity index is 774. The molecule has 0 unspecified atom stereocenters. The summed E-state index contributed by atoms with van der Waals surface area (Å²) in [6, 6.07) is 4.51. The largest absolute Gasteiger partial charge is 0.366 e. The van der Waals surface area contributed by atoms with Crippen LogP contribution in [-0.2, 0) is 10.0 Å². The Hall–Kier alpha value is -1.86. The van der Waals surface area contributed by atoms with Gasteiger partial charge < -0.3 is 4.98 Å². The fraction of sp³-hybridized carbons (Fsp3) is 0. The Kier molecular flexibility index (Phi) is 3.59. The van der Waals surface area contributed by atoms with E-state index in [-0.39, 0.29) is 10.7 Å². The molecule has 2 aromatic rings. The summed E-state index contributed by atoms with van der Waals surface area (Å²) in [5.74, 6) is -0.760. The molecule has 19 heavy (non-hydrogen) atoms. The van der Waals surface area contributed by atoms with Crippen LogP contribution in [0.1, 0.15) is 0 Å². The van der Waals surface area contributed by atoms with E-state index >= 15 is 0 Å². The van der Waals surface area contributed by atoms with Crippen LogP contribution in [0.2, 0.25) is 5.02 Å². The van der Waals surface area contributed by atoms with Crippen LogP contribution < -0.4 is 10.2 Å².